The summed E-state index contributed by atoms with van der Waals surface area (Å²) in [5.41, 5.74) is 0.341. The largest absolute Gasteiger partial charge is 0.468 e. The molecule has 0 radical (unpaired) electrons. The van der Waals surface area contributed by atoms with E-state index in [4.69, 9.17) is 24.4 Å². The molecule has 0 aliphatic rings. The number of H-pyrrole nitrogens is 2. The van der Waals surface area contributed by atoms with E-state index in [1.54, 1.807) is 0 Å². The molecule has 16 heavy (non-hydrogen) atoms. The van der Waals surface area contributed by atoms with Crippen LogP contribution in [0.15, 0.2) is 6.07 Å². The second-order valence-corrected chi connectivity index (χ2v) is 3.96. The average molecular weight is 258 g/mol. The maximum absolute atomic E-state index is 11.4. The van der Waals surface area contributed by atoms with Crippen LogP contribution < -0.4 is 0 Å². The second-order valence-electron chi connectivity index (χ2n) is 3.11. The molecule has 0 aromatic carbocycles. The van der Waals surface area contributed by atoms with Gasteiger partial charge in [-0.15, -0.1) is 0 Å². The summed E-state index contributed by atoms with van der Waals surface area (Å²) >= 11 is 9.78. The summed E-state index contributed by atoms with van der Waals surface area (Å²) in [7, 11) is 1.22. The van der Waals surface area contributed by atoms with E-state index in [-0.39, 0.29) is 10.6 Å². The van der Waals surface area contributed by atoms with Gasteiger partial charge >= 0.3 is 5.97 Å². The molecule has 1 aromatic heterocycles. The van der Waals surface area contributed by atoms with Gasteiger partial charge in [0.15, 0.2) is 10.7 Å². The lowest BCUT2D eigenvalue weighted by molar-refractivity contribution is -0.145. The van der Waals surface area contributed by atoms with Gasteiger partial charge in [0.05, 0.1) is 7.11 Å². The maximum Gasteiger partial charge on any atom is 0.322 e. The number of esters is 1. The van der Waals surface area contributed by atoms with Gasteiger partial charge in [0.1, 0.15) is 10.4 Å². The number of methoxy groups -OCH3 is 1. The van der Waals surface area contributed by atoms with Crippen LogP contribution in [0.1, 0.15) is 18.5 Å². The average Bonchev–Trinajstić information content (AvgIpc) is 2.15. The van der Waals surface area contributed by atoms with Crippen LogP contribution in [0.3, 0.4) is 0 Å². The third-order valence-electron chi connectivity index (χ3n) is 1.94. The van der Waals surface area contributed by atoms with Crippen LogP contribution in [0.2, 0.25) is 0 Å². The van der Waals surface area contributed by atoms with Crippen LogP contribution in [-0.4, -0.2) is 28.8 Å². The molecule has 86 valence electrons. The molecule has 1 heterocycles. The highest BCUT2D eigenvalue weighted by Crippen LogP contribution is 2.15. The molecule has 7 heteroatoms. The first-order valence-electron chi connectivity index (χ1n) is 4.37. The van der Waals surface area contributed by atoms with Gasteiger partial charge in [-0.1, -0.05) is 12.2 Å². The van der Waals surface area contributed by atoms with Crippen molar-refractivity contribution in [2.75, 3.05) is 7.11 Å². The molecule has 0 fully saturated rings. The monoisotopic (exact) mass is 258 g/mol. The Morgan fingerprint density at radius 2 is 2.00 bits per heavy atom. The zero-order valence-electron chi connectivity index (χ0n) is 8.70. The number of carbonyl (C=O) groups excluding carboxylic acids is 2. The molecule has 1 rings (SSSR count). The van der Waals surface area contributed by atoms with Crippen molar-refractivity contribution in [2.24, 2.45) is 0 Å². The summed E-state index contributed by atoms with van der Waals surface area (Å²) in [6.07, 6.45) is 0. The van der Waals surface area contributed by atoms with Crippen molar-refractivity contribution in [3.63, 3.8) is 0 Å². The van der Waals surface area contributed by atoms with Crippen molar-refractivity contribution in [3.05, 3.63) is 21.2 Å². The molecule has 0 saturated heterocycles. The van der Waals surface area contributed by atoms with Crippen LogP contribution in [0.5, 0.6) is 0 Å². The van der Waals surface area contributed by atoms with Crippen LogP contribution >= 0.6 is 24.4 Å². The minimum Gasteiger partial charge on any atom is -0.468 e. The lowest BCUT2D eigenvalue weighted by Crippen LogP contribution is -2.22. The zero-order valence-corrected chi connectivity index (χ0v) is 10.3. The van der Waals surface area contributed by atoms with Crippen molar-refractivity contribution in [2.45, 2.75) is 12.8 Å². The predicted molar refractivity (Wildman–Crippen MR) is 62.2 cm³/mol. The molecule has 0 spiro atoms. The van der Waals surface area contributed by atoms with E-state index in [0.717, 1.165) is 0 Å². The summed E-state index contributed by atoms with van der Waals surface area (Å²) < 4.78 is 5.17. The van der Waals surface area contributed by atoms with E-state index in [1.807, 2.05) is 0 Å². The van der Waals surface area contributed by atoms with Crippen molar-refractivity contribution < 1.29 is 14.3 Å². The molecule has 1 unspecified atom stereocenters. The normalized spacial score (nSPS) is 11.9. The van der Waals surface area contributed by atoms with E-state index in [0.29, 0.717) is 10.3 Å². The molecule has 0 amide bonds. The summed E-state index contributed by atoms with van der Waals surface area (Å²) in [4.78, 5) is 28.2. The van der Waals surface area contributed by atoms with Gasteiger partial charge in [0.2, 0.25) is 0 Å². The molecule has 2 N–H and O–H groups in total. The number of ether oxygens (including phenoxy) is 1. The van der Waals surface area contributed by atoms with Crippen LogP contribution in [0, 0.1) is 9.41 Å². The summed E-state index contributed by atoms with van der Waals surface area (Å²) in [6, 6.07) is 1.48. The number of nitrogens with one attached hydrogen (secondary N) is 2. The molecule has 1 aromatic rings. The van der Waals surface area contributed by atoms with Crippen molar-refractivity contribution in [1.82, 2.24) is 9.97 Å². The highest BCUT2D eigenvalue weighted by molar-refractivity contribution is 7.72. The fourth-order valence-electron chi connectivity index (χ4n) is 1.27. The fraction of sp³-hybridized carbons (Fsp3) is 0.333. The number of hydrogen-bond acceptors (Lipinski definition) is 5. The number of aromatic amines is 2. The smallest absolute Gasteiger partial charge is 0.322 e. The number of carbonyl (C=O) groups is 2. The van der Waals surface area contributed by atoms with Gasteiger partial charge in [-0.25, -0.2) is 0 Å². The van der Waals surface area contributed by atoms with Gasteiger partial charge in [0.25, 0.3) is 0 Å². The van der Waals surface area contributed by atoms with E-state index in [2.05, 4.69) is 14.7 Å². The van der Waals surface area contributed by atoms with Crippen LogP contribution in [0.25, 0.3) is 0 Å². The summed E-state index contributed by atoms with van der Waals surface area (Å²) in [6.45, 7) is 1.30. The van der Waals surface area contributed by atoms with Gasteiger partial charge in [-0.3, -0.25) is 9.59 Å². The minimum atomic E-state index is -1.01. The quantitative estimate of drug-likeness (QED) is 0.490. The molecule has 1 atom stereocenters. The minimum absolute atomic E-state index is 0.262. The number of hydrogen-bond donors (Lipinski definition) is 2. The Labute approximate surface area is 102 Å². The van der Waals surface area contributed by atoms with Gasteiger partial charge in [-0.05, 0) is 25.2 Å². The van der Waals surface area contributed by atoms with Crippen molar-refractivity contribution >= 4 is 36.2 Å². The van der Waals surface area contributed by atoms with E-state index < -0.39 is 11.9 Å². The van der Waals surface area contributed by atoms with E-state index in [1.165, 1.54) is 20.1 Å². The first-order chi connectivity index (χ1) is 7.45. The molecule has 5 nitrogen and oxygen atoms in total. The molecule has 0 aliphatic heterocycles. The Bertz CT molecular complexity index is 504. The number of ketones is 1. The fourth-order valence-corrected chi connectivity index (χ4v) is 1.79. The summed E-state index contributed by atoms with van der Waals surface area (Å²) in [5.74, 6) is -1.99. The molecule has 0 saturated carbocycles. The molecular weight excluding hydrogens is 248 g/mol. The SMILES string of the molecule is COC(=O)C(C(C)=O)c1cc(=S)[nH]c(=S)[nH]1. The predicted octanol–water partition coefficient (Wildman–Crippen LogP) is 1.65. The van der Waals surface area contributed by atoms with Gasteiger partial charge < -0.3 is 14.7 Å². The van der Waals surface area contributed by atoms with Crippen LogP contribution in [0.4, 0.5) is 0 Å². The van der Waals surface area contributed by atoms with Crippen molar-refractivity contribution in [3.8, 4) is 0 Å². The Morgan fingerprint density at radius 3 is 2.44 bits per heavy atom. The highest BCUT2D eigenvalue weighted by atomic mass is 32.1. The topological polar surface area (TPSA) is 75.0 Å². The maximum atomic E-state index is 11.4. The first-order valence-corrected chi connectivity index (χ1v) is 5.19. The number of aromatic nitrogens is 2. The lowest BCUT2D eigenvalue weighted by atomic mass is 10.0. The second kappa shape index (κ2) is 5.13. The molecule has 0 aliphatic carbocycles. The van der Waals surface area contributed by atoms with E-state index >= 15 is 0 Å². The third-order valence-corrected chi connectivity index (χ3v) is 2.36. The zero-order chi connectivity index (χ0) is 12.3. The lowest BCUT2D eigenvalue weighted by Gasteiger charge is -2.11. The Hall–Kier alpha value is -1.34. The van der Waals surface area contributed by atoms with Crippen molar-refractivity contribution in [1.29, 1.82) is 0 Å². The molecule has 0 bridgehead atoms. The highest BCUT2D eigenvalue weighted by Gasteiger charge is 2.27. The number of rotatable bonds is 3. The Morgan fingerprint density at radius 1 is 1.38 bits per heavy atom. The van der Waals surface area contributed by atoms with Gasteiger partial charge in [0, 0.05) is 5.69 Å². The Balaban J connectivity index is 3.32. The third kappa shape index (κ3) is 2.83. The summed E-state index contributed by atoms with van der Waals surface area (Å²) in [5, 5.41) is 0. The Kier molecular flexibility index (Phi) is 4.08. The van der Waals surface area contributed by atoms with E-state index in [9.17, 15) is 9.59 Å². The first kappa shape index (κ1) is 12.7. The van der Waals surface area contributed by atoms with Crippen LogP contribution in [-0.2, 0) is 14.3 Å². The standard InChI is InChI=1S/C9H10N2O3S2/c1-4(12)7(8(13)14-2)5-3-6(15)11-9(16)10-5/h3,7H,1-2H3,(H2,10,11,15,16). The molecular formula is C9H10N2O3S2. The number of Topliss-reactive ketones (excluding diaryl/α,β-unsaturated/α-hetero) is 1. The van der Waals surface area contributed by atoms with Gasteiger partial charge in [-0.2, -0.15) is 0 Å².